The Morgan fingerprint density at radius 2 is 2.32 bits per heavy atom. The lowest BCUT2D eigenvalue weighted by atomic mass is 10.0. The van der Waals surface area contributed by atoms with Crippen LogP contribution >= 0.6 is 11.3 Å². The number of amides is 2. The van der Waals surface area contributed by atoms with E-state index in [1.54, 1.807) is 5.51 Å². The van der Waals surface area contributed by atoms with Crippen LogP contribution < -0.4 is 0 Å². The third-order valence-electron chi connectivity index (χ3n) is 3.37. The molecule has 2 aliphatic heterocycles. The molecule has 0 spiro atoms. The van der Waals surface area contributed by atoms with Crippen LogP contribution in [0.15, 0.2) is 16.3 Å². The molecule has 2 aromatic heterocycles. The Morgan fingerprint density at radius 3 is 3.00 bits per heavy atom. The summed E-state index contributed by atoms with van der Waals surface area (Å²) in [5, 5.41) is 7.99. The van der Waals surface area contributed by atoms with Gasteiger partial charge in [0.1, 0.15) is 6.04 Å². The summed E-state index contributed by atoms with van der Waals surface area (Å²) in [4.78, 5) is 18.5. The zero-order valence-corrected chi connectivity index (χ0v) is 12.2. The lowest BCUT2D eigenvalue weighted by Gasteiger charge is -2.26. The molecule has 0 aliphatic carbocycles. The number of fused-ring (bicyclic) bond motifs is 4. The van der Waals surface area contributed by atoms with Crippen molar-refractivity contribution < 1.29 is 26.5 Å². The van der Waals surface area contributed by atoms with E-state index in [4.69, 9.17) is 8.97 Å². The highest BCUT2D eigenvalue weighted by Gasteiger charge is 2.53. The van der Waals surface area contributed by atoms with Gasteiger partial charge in [-0.25, -0.2) is 9.78 Å². The predicted octanol–water partition coefficient (Wildman–Crippen LogP) is 0.142. The summed E-state index contributed by atoms with van der Waals surface area (Å²) in [6, 6.07) is -2.14. The average Bonchev–Trinajstić information content (AvgIpc) is 3.15. The van der Waals surface area contributed by atoms with Gasteiger partial charge in [0.15, 0.2) is 6.04 Å². The van der Waals surface area contributed by atoms with Crippen LogP contribution in [0, 0.1) is 0 Å². The van der Waals surface area contributed by atoms with Crippen molar-refractivity contribution in [2.75, 3.05) is 6.54 Å². The van der Waals surface area contributed by atoms with Crippen LogP contribution in [0.2, 0.25) is 0 Å². The largest absolute Gasteiger partial charge is 0.425 e. The fourth-order valence-electron chi connectivity index (χ4n) is 2.61. The fourth-order valence-corrected chi connectivity index (χ4v) is 3.87. The van der Waals surface area contributed by atoms with Crippen molar-refractivity contribution in [3.63, 3.8) is 0 Å². The Labute approximate surface area is 127 Å². The first-order valence-electron chi connectivity index (χ1n) is 5.92. The van der Waals surface area contributed by atoms with E-state index in [1.807, 2.05) is 0 Å². The Hall–Kier alpha value is -2.09. The van der Waals surface area contributed by atoms with Crippen LogP contribution in [-0.2, 0) is 14.7 Å². The lowest BCUT2D eigenvalue weighted by Crippen LogP contribution is -2.35. The number of rotatable bonds is 3. The Balaban J connectivity index is 1.82. The molecular weight excluding hydrogens is 338 g/mol. The molecule has 0 unspecified atom stereocenters. The number of nitrogens with zero attached hydrogens (tertiary/aromatic N) is 5. The molecular formula is C9H7N5O6S2. The van der Waals surface area contributed by atoms with Crippen LogP contribution in [0.3, 0.4) is 0 Å². The minimum atomic E-state index is -4.82. The highest BCUT2D eigenvalue weighted by atomic mass is 32.3. The maximum Gasteiger partial charge on any atom is 0.418 e. The van der Waals surface area contributed by atoms with Gasteiger partial charge in [-0.3, -0.25) is 4.55 Å². The number of hydrogen-bond acceptors (Lipinski definition) is 9. The maximum atomic E-state index is 12.4. The second-order valence-corrected chi connectivity index (χ2v) is 6.45. The quantitative estimate of drug-likeness (QED) is 0.769. The molecule has 0 aromatic carbocycles. The zero-order chi connectivity index (χ0) is 15.5. The van der Waals surface area contributed by atoms with E-state index in [9.17, 15) is 13.2 Å². The summed E-state index contributed by atoms with van der Waals surface area (Å²) in [6.07, 6.45) is 1.13. The first kappa shape index (κ1) is 13.6. The highest BCUT2D eigenvalue weighted by Crippen LogP contribution is 2.47. The van der Waals surface area contributed by atoms with E-state index in [-0.39, 0.29) is 12.4 Å². The van der Waals surface area contributed by atoms with Gasteiger partial charge in [0, 0.05) is 0 Å². The number of thiazole rings is 1. The first-order chi connectivity index (χ1) is 10.5. The van der Waals surface area contributed by atoms with E-state index < -0.39 is 28.5 Å². The molecule has 22 heavy (non-hydrogen) atoms. The summed E-state index contributed by atoms with van der Waals surface area (Å²) in [5.74, 6) is 0.160. The molecule has 2 bridgehead atoms. The lowest BCUT2D eigenvalue weighted by molar-refractivity contribution is -0.0308. The number of hydroxylamine groups is 2. The molecule has 2 amide bonds. The van der Waals surface area contributed by atoms with Crippen molar-refractivity contribution in [1.29, 1.82) is 0 Å². The summed E-state index contributed by atoms with van der Waals surface area (Å²) in [7, 11) is -4.82. The van der Waals surface area contributed by atoms with E-state index in [2.05, 4.69) is 19.5 Å². The van der Waals surface area contributed by atoms with Gasteiger partial charge in [0.25, 0.3) is 0 Å². The van der Waals surface area contributed by atoms with Crippen molar-refractivity contribution in [2.24, 2.45) is 0 Å². The Kier molecular flexibility index (Phi) is 2.75. The number of carbonyl (C=O) groups is 1. The third-order valence-corrected chi connectivity index (χ3v) is 4.66. The smallest absolute Gasteiger partial charge is 0.418 e. The van der Waals surface area contributed by atoms with Gasteiger partial charge >= 0.3 is 16.4 Å². The normalized spacial score (nSPS) is 24.0. The van der Waals surface area contributed by atoms with Crippen LogP contribution in [0.4, 0.5) is 4.79 Å². The fraction of sp³-hybridized carbons (Fsp3) is 0.333. The molecule has 1 N–H and O–H groups in total. The third kappa shape index (κ3) is 1.90. The summed E-state index contributed by atoms with van der Waals surface area (Å²) >= 11 is 1.24. The summed E-state index contributed by atoms with van der Waals surface area (Å²) in [6.45, 7) is 0.149. The maximum absolute atomic E-state index is 12.4. The second-order valence-electron chi connectivity index (χ2n) is 4.56. The van der Waals surface area contributed by atoms with Crippen molar-refractivity contribution in [3.8, 4) is 0 Å². The molecule has 2 atom stereocenters. The van der Waals surface area contributed by atoms with Gasteiger partial charge in [-0.2, -0.15) is 13.5 Å². The molecule has 13 heteroatoms. The molecule has 116 valence electrons. The standard InChI is InChI=1S/C9H7N5O6S2/c15-9-13-1-4(14(9)20-22(16,17)18)7-5(10-3-21-7)6(13)8-12-11-2-19-8/h2-4,6H,1H2,(H,16,17,18)/t4-,6+/m1/s1. The Morgan fingerprint density at radius 1 is 1.50 bits per heavy atom. The first-order valence-corrected chi connectivity index (χ1v) is 8.16. The number of hydrogen-bond donors (Lipinski definition) is 1. The van der Waals surface area contributed by atoms with Crippen molar-refractivity contribution in [1.82, 2.24) is 25.1 Å². The van der Waals surface area contributed by atoms with E-state index >= 15 is 0 Å². The van der Waals surface area contributed by atoms with Gasteiger partial charge in [-0.1, -0.05) is 0 Å². The average molecular weight is 345 g/mol. The monoisotopic (exact) mass is 345 g/mol. The van der Waals surface area contributed by atoms with Crippen LogP contribution in [0.1, 0.15) is 28.5 Å². The van der Waals surface area contributed by atoms with Crippen LogP contribution in [0.5, 0.6) is 0 Å². The van der Waals surface area contributed by atoms with E-state index in [1.165, 1.54) is 16.2 Å². The van der Waals surface area contributed by atoms with Gasteiger partial charge in [0.05, 0.1) is 22.6 Å². The number of carbonyl (C=O) groups excluding carboxylic acids is 1. The molecule has 4 heterocycles. The summed E-state index contributed by atoms with van der Waals surface area (Å²) in [5.41, 5.74) is 2.08. The molecule has 11 nitrogen and oxygen atoms in total. The van der Waals surface area contributed by atoms with Crippen LogP contribution in [-0.4, -0.2) is 50.7 Å². The summed E-state index contributed by atoms with van der Waals surface area (Å²) < 4.78 is 40.3. The minimum Gasteiger partial charge on any atom is -0.425 e. The van der Waals surface area contributed by atoms with Gasteiger partial charge in [-0.05, 0) is 0 Å². The van der Waals surface area contributed by atoms with Gasteiger partial charge < -0.3 is 9.32 Å². The van der Waals surface area contributed by atoms with E-state index in [0.717, 1.165) is 6.39 Å². The molecule has 1 fully saturated rings. The van der Waals surface area contributed by atoms with Crippen molar-refractivity contribution in [2.45, 2.75) is 12.1 Å². The van der Waals surface area contributed by atoms with Crippen molar-refractivity contribution >= 4 is 27.8 Å². The van der Waals surface area contributed by atoms with Gasteiger partial charge in [-0.15, -0.1) is 25.8 Å². The molecule has 0 saturated carbocycles. The molecule has 4 rings (SSSR count). The number of urea groups is 1. The van der Waals surface area contributed by atoms with E-state index in [0.29, 0.717) is 15.6 Å². The molecule has 1 saturated heterocycles. The second kappa shape index (κ2) is 4.45. The topological polar surface area (TPSA) is 139 Å². The molecule has 2 aliphatic rings. The Bertz CT molecular complexity index is 833. The highest BCUT2D eigenvalue weighted by molar-refractivity contribution is 7.80. The van der Waals surface area contributed by atoms with Gasteiger partial charge in [0.2, 0.25) is 12.3 Å². The zero-order valence-electron chi connectivity index (χ0n) is 10.6. The number of aromatic nitrogens is 3. The minimum absolute atomic E-state index is 0.149. The predicted molar refractivity (Wildman–Crippen MR) is 67.6 cm³/mol. The van der Waals surface area contributed by atoms with Crippen LogP contribution in [0.25, 0.3) is 0 Å². The SMILES string of the molecule is O=C1N2C[C@H](c3scnc3[C@H]2c2nnco2)N1OS(=O)(=O)O. The molecule has 2 aromatic rings. The molecule has 0 radical (unpaired) electrons. The van der Waals surface area contributed by atoms with Crippen molar-refractivity contribution in [3.05, 3.63) is 28.4 Å².